The summed E-state index contributed by atoms with van der Waals surface area (Å²) in [5, 5.41) is 6.41. The van der Waals surface area contributed by atoms with Crippen molar-refractivity contribution in [2.45, 2.75) is 40.5 Å². The average Bonchev–Trinajstić information content (AvgIpc) is 2.42. The maximum atomic E-state index is 12.2. The summed E-state index contributed by atoms with van der Waals surface area (Å²) in [6.07, 6.45) is 1.99. The molecule has 0 atom stereocenters. The van der Waals surface area contributed by atoms with Gasteiger partial charge >= 0.3 is 0 Å². The second kappa shape index (κ2) is 7.48. The van der Waals surface area contributed by atoms with E-state index in [0.717, 1.165) is 19.4 Å². The normalized spacial score (nSPS) is 11.2. The van der Waals surface area contributed by atoms with E-state index in [-0.39, 0.29) is 11.3 Å². The predicted octanol–water partition coefficient (Wildman–Crippen LogP) is 3.72. The van der Waals surface area contributed by atoms with Crippen molar-refractivity contribution in [2.24, 2.45) is 5.41 Å². The largest absolute Gasteiger partial charge is 0.370 e. The molecule has 2 N–H and O–H groups in total. The summed E-state index contributed by atoms with van der Waals surface area (Å²) in [6.45, 7) is 9.87. The number of aromatic nitrogens is 1. The molecular formula is C15H24ClN3O. The van der Waals surface area contributed by atoms with Crippen molar-refractivity contribution in [3.63, 3.8) is 0 Å². The highest BCUT2D eigenvalue weighted by atomic mass is 35.5. The lowest BCUT2D eigenvalue weighted by molar-refractivity contribution is 0.0935. The Bertz CT molecular complexity index is 460. The SMILES string of the molecule is CCCNc1cc(C(=O)NCC(C)(C)CC)cc(Cl)n1. The van der Waals surface area contributed by atoms with E-state index in [1.54, 1.807) is 12.1 Å². The number of nitrogens with one attached hydrogen (secondary N) is 2. The van der Waals surface area contributed by atoms with E-state index in [1.807, 2.05) is 0 Å². The van der Waals surface area contributed by atoms with Crippen molar-refractivity contribution in [1.82, 2.24) is 10.3 Å². The molecular weight excluding hydrogens is 274 g/mol. The van der Waals surface area contributed by atoms with E-state index in [2.05, 4.69) is 43.3 Å². The monoisotopic (exact) mass is 297 g/mol. The second-order valence-electron chi connectivity index (χ2n) is 5.69. The molecule has 20 heavy (non-hydrogen) atoms. The Labute approximate surface area is 126 Å². The Hall–Kier alpha value is -1.29. The van der Waals surface area contributed by atoms with E-state index < -0.39 is 0 Å². The number of rotatable bonds is 7. The van der Waals surface area contributed by atoms with E-state index >= 15 is 0 Å². The Morgan fingerprint density at radius 2 is 2.05 bits per heavy atom. The summed E-state index contributed by atoms with van der Waals surface area (Å²) >= 11 is 5.96. The van der Waals surface area contributed by atoms with Gasteiger partial charge in [0.1, 0.15) is 11.0 Å². The summed E-state index contributed by atoms with van der Waals surface area (Å²) in [5.74, 6) is 0.523. The third-order valence-corrected chi connectivity index (χ3v) is 3.49. The van der Waals surface area contributed by atoms with E-state index in [9.17, 15) is 4.79 Å². The highest BCUT2D eigenvalue weighted by Gasteiger charge is 2.17. The summed E-state index contributed by atoms with van der Waals surface area (Å²) in [6, 6.07) is 3.32. The summed E-state index contributed by atoms with van der Waals surface area (Å²) < 4.78 is 0. The summed E-state index contributed by atoms with van der Waals surface area (Å²) in [4.78, 5) is 16.3. The van der Waals surface area contributed by atoms with E-state index in [4.69, 9.17) is 11.6 Å². The minimum Gasteiger partial charge on any atom is -0.370 e. The third-order valence-electron chi connectivity index (χ3n) is 3.30. The third kappa shape index (κ3) is 5.37. The second-order valence-corrected chi connectivity index (χ2v) is 6.08. The first-order valence-electron chi connectivity index (χ1n) is 7.07. The number of hydrogen-bond donors (Lipinski definition) is 2. The van der Waals surface area contributed by atoms with Gasteiger partial charge < -0.3 is 10.6 Å². The molecule has 0 radical (unpaired) electrons. The van der Waals surface area contributed by atoms with E-state index in [0.29, 0.717) is 23.1 Å². The molecule has 0 aliphatic heterocycles. The van der Waals surface area contributed by atoms with Gasteiger partial charge in [-0.25, -0.2) is 4.98 Å². The van der Waals surface area contributed by atoms with Gasteiger partial charge in [-0.15, -0.1) is 0 Å². The first-order chi connectivity index (χ1) is 9.38. The molecule has 0 unspecified atom stereocenters. The summed E-state index contributed by atoms with van der Waals surface area (Å²) in [5.41, 5.74) is 0.631. The van der Waals surface area contributed by atoms with Crippen molar-refractivity contribution >= 4 is 23.3 Å². The standard InChI is InChI=1S/C15H24ClN3O/c1-5-7-17-13-9-11(8-12(16)19-13)14(20)18-10-15(3,4)6-2/h8-9H,5-7,10H2,1-4H3,(H,17,19)(H,18,20). The number of anilines is 1. The Morgan fingerprint density at radius 1 is 1.35 bits per heavy atom. The summed E-state index contributed by atoms with van der Waals surface area (Å²) in [7, 11) is 0. The molecule has 0 aliphatic rings. The fraction of sp³-hybridized carbons (Fsp3) is 0.600. The van der Waals surface area contributed by atoms with Crippen LogP contribution >= 0.6 is 11.6 Å². The van der Waals surface area contributed by atoms with Gasteiger partial charge in [0, 0.05) is 18.7 Å². The average molecular weight is 298 g/mol. The number of carbonyl (C=O) groups is 1. The number of nitrogens with zero attached hydrogens (tertiary/aromatic N) is 1. The van der Waals surface area contributed by atoms with Crippen molar-refractivity contribution in [1.29, 1.82) is 0 Å². The highest BCUT2D eigenvalue weighted by molar-refractivity contribution is 6.29. The molecule has 112 valence electrons. The maximum Gasteiger partial charge on any atom is 0.251 e. The first-order valence-corrected chi connectivity index (χ1v) is 7.45. The predicted molar refractivity (Wildman–Crippen MR) is 84.4 cm³/mol. The van der Waals surface area contributed by atoms with Gasteiger partial charge in [-0.2, -0.15) is 0 Å². The van der Waals surface area contributed by atoms with Crippen LogP contribution in [-0.2, 0) is 0 Å². The van der Waals surface area contributed by atoms with Gasteiger partial charge in [0.25, 0.3) is 5.91 Å². The minimum atomic E-state index is -0.115. The number of carbonyl (C=O) groups excluding carboxylic acids is 1. The van der Waals surface area contributed by atoms with Crippen LogP contribution in [0, 0.1) is 5.41 Å². The van der Waals surface area contributed by atoms with Crippen LogP contribution in [0.3, 0.4) is 0 Å². The molecule has 0 bridgehead atoms. The molecule has 1 amide bonds. The lowest BCUT2D eigenvalue weighted by atomic mass is 9.90. The topological polar surface area (TPSA) is 54.0 Å². The molecule has 1 aromatic heterocycles. The zero-order valence-corrected chi connectivity index (χ0v) is 13.5. The molecule has 0 saturated carbocycles. The van der Waals surface area contributed by atoms with Crippen LogP contribution in [0.1, 0.15) is 50.9 Å². The molecule has 5 heteroatoms. The lowest BCUT2D eigenvalue weighted by Crippen LogP contribution is -2.33. The molecule has 0 saturated heterocycles. The van der Waals surface area contributed by atoms with Crippen LogP contribution in [-0.4, -0.2) is 24.0 Å². The van der Waals surface area contributed by atoms with Crippen molar-refractivity contribution < 1.29 is 4.79 Å². The highest BCUT2D eigenvalue weighted by Crippen LogP contribution is 2.19. The van der Waals surface area contributed by atoms with Crippen molar-refractivity contribution in [2.75, 3.05) is 18.4 Å². The van der Waals surface area contributed by atoms with Crippen molar-refractivity contribution in [3.8, 4) is 0 Å². The van der Waals surface area contributed by atoms with Gasteiger partial charge in [0.15, 0.2) is 0 Å². The van der Waals surface area contributed by atoms with Crippen molar-refractivity contribution in [3.05, 3.63) is 22.8 Å². The fourth-order valence-corrected chi connectivity index (χ4v) is 1.73. The van der Waals surface area contributed by atoms with Gasteiger partial charge in [0.2, 0.25) is 0 Å². The van der Waals surface area contributed by atoms with Gasteiger partial charge in [-0.3, -0.25) is 4.79 Å². The van der Waals surface area contributed by atoms with Crippen LogP contribution in [0.2, 0.25) is 5.15 Å². The van der Waals surface area contributed by atoms with Gasteiger partial charge in [0.05, 0.1) is 0 Å². The number of pyridine rings is 1. The molecule has 0 fully saturated rings. The molecule has 1 rings (SSSR count). The number of halogens is 1. The molecule has 1 aromatic rings. The number of hydrogen-bond acceptors (Lipinski definition) is 3. The Kier molecular flexibility index (Phi) is 6.27. The first kappa shape index (κ1) is 16.8. The Morgan fingerprint density at radius 3 is 2.65 bits per heavy atom. The Balaban J connectivity index is 2.74. The number of amides is 1. The quantitative estimate of drug-likeness (QED) is 0.754. The lowest BCUT2D eigenvalue weighted by Gasteiger charge is -2.22. The van der Waals surface area contributed by atoms with Crippen LogP contribution < -0.4 is 10.6 Å². The van der Waals surface area contributed by atoms with Gasteiger partial charge in [-0.05, 0) is 30.4 Å². The molecule has 0 aliphatic carbocycles. The molecule has 0 aromatic carbocycles. The molecule has 4 nitrogen and oxygen atoms in total. The van der Waals surface area contributed by atoms with Gasteiger partial charge in [-0.1, -0.05) is 39.3 Å². The zero-order chi connectivity index (χ0) is 15.2. The molecule has 1 heterocycles. The maximum absolute atomic E-state index is 12.2. The fourth-order valence-electron chi connectivity index (χ4n) is 1.52. The molecule has 0 spiro atoms. The van der Waals surface area contributed by atoms with Crippen LogP contribution in [0.5, 0.6) is 0 Å². The zero-order valence-electron chi connectivity index (χ0n) is 12.7. The van der Waals surface area contributed by atoms with E-state index in [1.165, 1.54) is 0 Å². The van der Waals surface area contributed by atoms with Crippen LogP contribution in [0.25, 0.3) is 0 Å². The smallest absolute Gasteiger partial charge is 0.251 e. The van der Waals surface area contributed by atoms with Crippen LogP contribution in [0.4, 0.5) is 5.82 Å². The minimum absolute atomic E-state index is 0.0930. The van der Waals surface area contributed by atoms with Crippen LogP contribution in [0.15, 0.2) is 12.1 Å².